The molecule has 0 spiro atoms. The van der Waals surface area contributed by atoms with Gasteiger partial charge >= 0.3 is 6.16 Å². The average Bonchev–Trinajstić information content (AvgIpc) is 2.40. The molecule has 0 saturated carbocycles. The molecule has 0 radical (unpaired) electrons. The molecule has 0 saturated heterocycles. The molecule has 0 aromatic heterocycles. The Labute approximate surface area is 111 Å². The van der Waals surface area contributed by atoms with Crippen LogP contribution < -0.4 is 0 Å². The number of ether oxygens (including phenoxy) is 2. The third kappa shape index (κ3) is 8.31. The Kier molecular flexibility index (Phi) is 10.8. The first-order valence-electron chi connectivity index (χ1n) is 6.92. The van der Waals surface area contributed by atoms with Gasteiger partial charge < -0.3 is 19.3 Å². The van der Waals surface area contributed by atoms with Crippen LogP contribution in [0.4, 0.5) is 4.79 Å². The molecule has 0 fully saturated rings. The summed E-state index contributed by atoms with van der Waals surface area (Å²) in [6.07, 6.45) is -0.561. The Morgan fingerprint density at radius 1 is 0.778 bits per heavy atom. The van der Waals surface area contributed by atoms with E-state index in [9.17, 15) is 4.79 Å². The molecule has 0 amide bonds. The quantitative estimate of drug-likeness (QED) is 0.561. The fourth-order valence-corrected chi connectivity index (χ4v) is 1.64. The Morgan fingerprint density at radius 2 is 1.11 bits per heavy atom. The van der Waals surface area contributed by atoms with Crippen molar-refractivity contribution in [2.24, 2.45) is 0 Å². The lowest BCUT2D eigenvalue weighted by atomic mass is 10.5. The summed E-state index contributed by atoms with van der Waals surface area (Å²) in [6.45, 7) is 14.5. The van der Waals surface area contributed by atoms with Crippen molar-refractivity contribution >= 4 is 6.16 Å². The van der Waals surface area contributed by atoms with Gasteiger partial charge in [0.2, 0.25) is 0 Å². The largest absolute Gasteiger partial charge is 0.508 e. The maximum absolute atomic E-state index is 11.3. The summed E-state index contributed by atoms with van der Waals surface area (Å²) in [5, 5.41) is 0. The molecule has 0 aromatic carbocycles. The summed E-state index contributed by atoms with van der Waals surface area (Å²) < 4.78 is 10.0. The van der Waals surface area contributed by atoms with E-state index in [1.165, 1.54) is 0 Å². The Bertz CT molecular complexity index is 184. The zero-order valence-corrected chi connectivity index (χ0v) is 12.3. The Morgan fingerprint density at radius 3 is 1.39 bits per heavy atom. The molecule has 0 atom stereocenters. The van der Waals surface area contributed by atoms with Crippen molar-refractivity contribution in [1.82, 2.24) is 9.80 Å². The van der Waals surface area contributed by atoms with Crippen molar-refractivity contribution in [2.75, 3.05) is 52.5 Å². The van der Waals surface area contributed by atoms with Crippen molar-refractivity contribution in [3.8, 4) is 0 Å². The van der Waals surface area contributed by atoms with E-state index in [1.807, 2.05) is 0 Å². The molecule has 108 valence electrons. The number of likely N-dealkylation sites (N-methyl/N-ethyl adjacent to an activating group) is 2. The highest BCUT2D eigenvalue weighted by Crippen LogP contribution is 1.92. The Hall–Kier alpha value is -0.810. The van der Waals surface area contributed by atoms with Crippen molar-refractivity contribution < 1.29 is 14.3 Å². The van der Waals surface area contributed by atoms with Crippen LogP contribution in [0.15, 0.2) is 0 Å². The van der Waals surface area contributed by atoms with Gasteiger partial charge in [0.25, 0.3) is 0 Å². The monoisotopic (exact) mass is 260 g/mol. The maximum Gasteiger partial charge on any atom is 0.508 e. The molecule has 0 aliphatic rings. The van der Waals surface area contributed by atoms with Gasteiger partial charge in [0, 0.05) is 13.1 Å². The summed E-state index contributed by atoms with van der Waals surface area (Å²) in [4.78, 5) is 15.7. The molecule has 5 heteroatoms. The average molecular weight is 260 g/mol. The fraction of sp³-hybridized carbons (Fsp3) is 0.923. The number of carbonyl (C=O) groups is 1. The van der Waals surface area contributed by atoms with Gasteiger partial charge in [0.1, 0.15) is 13.2 Å². The van der Waals surface area contributed by atoms with Crippen LogP contribution in [0, 0.1) is 0 Å². The molecule has 18 heavy (non-hydrogen) atoms. The summed E-state index contributed by atoms with van der Waals surface area (Å²) in [5.41, 5.74) is 0. The smallest absolute Gasteiger partial charge is 0.433 e. The van der Waals surface area contributed by atoms with E-state index in [-0.39, 0.29) is 0 Å². The van der Waals surface area contributed by atoms with Gasteiger partial charge in [0.05, 0.1) is 0 Å². The molecule has 0 bridgehead atoms. The number of hydrogen-bond donors (Lipinski definition) is 0. The van der Waals surface area contributed by atoms with Crippen LogP contribution in [-0.4, -0.2) is 68.4 Å². The molecule has 0 rings (SSSR count). The molecule has 0 aliphatic heterocycles. The van der Waals surface area contributed by atoms with Crippen molar-refractivity contribution in [3.63, 3.8) is 0 Å². The number of carbonyl (C=O) groups excluding carboxylic acids is 1. The lowest BCUT2D eigenvalue weighted by molar-refractivity contribution is 0.0429. The van der Waals surface area contributed by atoms with Gasteiger partial charge in [-0.3, -0.25) is 0 Å². The van der Waals surface area contributed by atoms with Gasteiger partial charge in [-0.05, 0) is 26.2 Å². The maximum atomic E-state index is 11.3. The summed E-state index contributed by atoms with van der Waals surface area (Å²) in [6, 6.07) is 0. The number of rotatable bonds is 10. The highest BCUT2D eigenvalue weighted by Gasteiger charge is 2.06. The van der Waals surface area contributed by atoms with E-state index < -0.39 is 6.16 Å². The summed E-state index contributed by atoms with van der Waals surface area (Å²) >= 11 is 0. The zero-order valence-electron chi connectivity index (χ0n) is 12.3. The third-order valence-electron chi connectivity index (χ3n) is 3.04. The van der Waals surface area contributed by atoms with Gasteiger partial charge in [-0.1, -0.05) is 27.7 Å². The SMILES string of the molecule is CCN(CC)CCOC(=O)OCCN(CC)CC. The van der Waals surface area contributed by atoms with Crippen molar-refractivity contribution in [2.45, 2.75) is 27.7 Å². The first kappa shape index (κ1) is 17.2. The second-order valence-corrected chi connectivity index (χ2v) is 4.00. The van der Waals surface area contributed by atoms with E-state index in [0.29, 0.717) is 13.2 Å². The minimum absolute atomic E-state index is 0.395. The van der Waals surface area contributed by atoms with Crippen LogP contribution in [0.25, 0.3) is 0 Å². The zero-order chi connectivity index (χ0) is 13.8. The van der Waals surface area contributed by atoms with E-state index in [1.54, 1.807) is 0 Å². The summed E-state index contributed by atoms with van der Waals surface area (Å²) in [7, 11) is 0. The predicted molar refractivity (Wildman–Crippen MR) is 72.9 cm³/mol. The van der Waals surface area contributed by atoms with Gasteiger partial charge in [-0.2, -0.15) is 0 Å². The highest BCUT2D eigenvalue weighted by molar-refractivity contribution is 5.59. The van der Waals surface area contributed by atoms with Crippen LogP contribution in [0.5, 0.6) is 0 Å². The second-order valence-electron chi connectivity index (χ2n) is 4.00. The predicted octanol–water partition coefficient (Wildman–Crippen LogP) is 1.82. The van der Waals surface area contributed by atoms with Crippen LogP contribution >= 0.6 is 0 Å². The molecule has 0 aromatic rings. The van der Waals surface area contributed by atoms with Crippen molar-refractivity contribution in [3.05, 3.63) is 0 Å². The minimum Gasteiger partial charge on any atom is -0.433 e. The third-order valence-corrected chi connectivity index (χ3v) is 3.04. The van der Waals surface area contributed by atoms with Crippen molar-refractivity contribution in [1.29, 1.82) is 0 Å². The summed E-state index contributed by atoms with van der Waals surface area (Å²) in [5.74, 6) is 0. The topological polar surface area (TPSA) is 42.0 Å². The standard InChI is InChI=1S/C13H28N2O3/c1-5-14(6-2)9-11-17-13(16)18-12-10-15(7-3)8-4/h5-12H2,1-4H3. The van der Waals surface area contributed by atoms with E-state index in [0.717, 1.165) is 39.3 Å². The van der Waals surface area contributed by atoms with E-state index in [2.05, 4.69) is 37.5 Å². The molecular formula is C13H28N2O3. The lowest BCUT2D eigenvalue weighted by Crippen LogP contribution is -2.29. The molecule has 0 heterocycles. The normalized spacial score (nSPS) is 11.0. The van der Waals surface area contributed by atoms with Gasteiger partial charge in [0.15, 0.2) is 0 Å². The first-order chi connectivity index (χ1) is 8.67. The highest BCUT2D eigenvalue weighted by atomic mass is 16.7. The van der Waals surface area contributed by atoms with E-state index >= 15 is 0 Å². The minimum atomic E-state index is -0.561. The molecule has 5 nitrogen and oxygen atoms in total. The van der Waals surface area contributed by atoms with Crippen LogP contribution in [0.2, 0.25) is 0 Å². The van der Waals surface area contributed by atoms with Crippen LogP contribution in [0.3, 0.4) is 0 Å². The van der Waals surface area contributed by atoms with E-state index in [4.69, 9.17) is 9.47 Å². The fourth-order valence-electron chi connectivity index (χ4n) is 1.64. The first-order valence-corrected chi connectivity index (χ1v) is 6.92. The van der Waals surface area contributed by atoms with Gasteiger partial charge in [-0.15, -0.1) is 0 Å². The van der Waals surface area contributed by atoms with Crippen LogP contribution in [0.1, 0.15) is 27.7 Å². The molecular weight excluding hydrogens is 232 g/mol. The number of nitrogens with zero attached hydrogens (tertiary/aromatic N) is 2. The van der Waals surface area contributed by atoms with Gasteiger partial charge in [-0.25, -0.2) is 4.79 Å². The molecule has 0 aliphatic carbocycles. The Balaban J connectivity index is 3.54. The number of hydrogen-bond acceptors (Lipinski definition) is 5. The second kappa shape index (κ2) is 11.3. The molecule has 0 unspecified atom stereocenters. The molecule has 0 N–H and O–H groups in total. The lowest BCUT2D eigenvalue weighted by Gasteiger charge is -2.18. The van der Waals surface area contributed by atoms with Crippen LogP contribution in [-0.2, 0) is 9.47 Å².